The quantitative estimate of drug-likeness (QED) is 0.617. The van der Waals surface area contributed by atoms with Crippen LogP contribution in [0, 0.1) is 0 Å². The van der Waals surface area contributed by atoms with Gasteiger partial charge >= 0.3 is 0 Å². The minimum absolute atomic E-state index is 0.0450. The first-order valence-corrected chi connectivity index (χ1v) is 10.5. The first-order valence-electron chi connectivity index (χ1n) is 8.21. The van der Waals surface area contributed by atoms with Crippen LogP contribution in [0.5, 0.6) is 0 Å². The summed E-state index contributed by atoms with van der Waals surface area (Å²) in [6.45, 7) is 3.96. The maximum Gasteiger partial charge on any atom is 0.254 e. The summed E-state index contributed by atoms with van der Waals surface area (Å²) in [5, 5.41) is 0.823. The largest absolute Gasteiger partial charge is 0.335 e. The van der Waals surface area contributed by atoms with Gasteiger partial charge in [0.1, 0.15) is 5.01 Å². The van der Waals surface area contributed by atoms with Crippen LogP contribution in [0.4, 0.5) is 0 Å². The monoisotopic (exact) mass is 401 g/mol. The van der Waals surface area contributed by atoms with Gasteiger partial charge < -0.3 is 4.90 Å². The molecule has 1 amide bonds. The lowest BCUT2D eigenvalue weighted by atomic mass is 10.2. The predicted octanol–water partition coefficient (Wildman–Crippen LogP) is 3.03. The number of aromatic nitrogens is 1. The van der Waals surface area contributed by atoms with Crippen LogP contribution < -0.4 is 4.72 Å². The summed E-state index contributed by atoms with van der Waals surface area (Å²) in [6, 6.07) is 13.8. The number of amides is 1. The van der Waals surface area contributed by atoms with Crippen LogP contribution in [0.3, 0.4) is 0 Å². The first kappa shape index (κ1) is 19.2. The summed E-state index contributed by atoms with van der Waals surface area (Å²) in [7, 11) is -2.01. The Kier molecular flexibility index (Phi) is 5.69. The molecule has 0 fully saturated rings. The maximum atomic E-state index is 12.7. The van der Waals surface area contributed by atoms with Gasteiger partial charge in [-0.1, -0.05) is 24.3 Å². The smallest absolute Gasteiger partial charge is 0.254 e. The lowest BCUT2D eigenvalue weighted by molar-refractivity contribution is 0.0785. The van der Waals surface area contributed by atoms with Gasteiger partial charge in [-0.05, 0) is 30.3 Å². The van der Waals surface area contributed by atoms with E-state index in [2.05, 4.69) is 16.3 Å². The molecule has 27 heavy (non-hydrogen) atoms. The van der Waals surface area contributed by atoms with Gasteiger partial charge in [-0.3, -0.25) is 4.79 Å². The van der Waals surface area contributed by atoms with Crippen LogP contribution in [0.25, 0.3) is 10.2 Å². The molecule has 0 saturated heterocycles. The van der Waals surface area contributed by atoms with Gasteiger partial charge in [0, 0.05) is 19.2 Å². The summed E-state index contributed by atoms with van der Waals surface area (Å²) in [5.41, 5.74) is 1.21. The molecule has 1 heterocycles. The van der Waals surface area contributed by atoms with Gasteiger partial charge in [0.2, 0.25) is 10.0 Å². The Hall–Kier alpha value is -2.55. The maximum absolute atomic E-state index is 12.7. The highest BCUT2D eigenvalue weighted by molar-refractivity contribution is 7.89. The fourth-order valence-electron chi connectivity index (χ4n) is 2.53. The molecule has 0 atom stereocenters. The zero-order valence-corrected chi connectivity index (χ0v) is 16.4. The van der Waals surface area contributed by atoms with E-state index in [1.54, 1.807) is 19.2 Å². The molecule has 6 nitrogen and oxygen atoms in total. The van der Waals surface area contributed by atoms with Crippen molar-refractivity contribution in [1.29, 1.82) is 0 Å². The highest BCUT2D eigenvalue weighted by Crippen LogP contribution is 2.23. The number of rotatable bonds is 7. The van der Waals surface area contributed by atoms with E-state index in [-0.39, 0.29) is 17.3 Å². The van der Waals surface area contributed by atoms with Crippen LogP contribution in [0.1, 0.15) is 15.4 Å². The molecule has 0 bridgehead atoms. The molecule has 0 aliphatic carbocycles. The Morgan fingerprint density at radius 1 is 1.26 bits per heavy atom. The van der Waals surface area contributed by atoms with Crippen molar-refractivity contribution in [3.8, 4) is 0 Å². The summed E-state index contributed by atoms with van der Waals surface area (Å²) in [4.78, 5) is 18.8. The number of hydrogen-bond donors (Lipinski definition) is 1. The number of nitrogens with zero attached hydrogens (tertiary/aromatic N) is 2. The number of carbonyl (C=O) groups is 1. The number of fused-ring (bicyclic) bond motifs is 1. The molecule has 140 valence electrons. The second-order valence-electron chi connectivity index (χ2n) is 5.90. The standard InChI is InChI=1S/C19H19N3O3S2/c1-3-11-20-27(24,25)15-8-6-7-14(12-15)19(23)22(2)13-18-21-16-9-4-5-10-17(16)26-18/h3-10,12,20H,1,11,13H2,2H3. The lowest BCUT2D eigenvalue weighted by Crippen LogP contribution is -2.27. The van der Waals surface area contributed by atoms with E-state index in [9.17, 15) is 13.2 Å². The summed E-state index contributed by atoms with van der Waals surface area (Å²) < 4.78 is 27.9. The van der Waals surface area contributed by atoms with Crippen molar-refractivity contribution in [3.05, 3.63) is 71.8 Å². The van der Waals surface area contributed by atoms with Gasteiger partial charge in [-0.15, -0.1) is 17.9 Å². The number of hydrogen-bond acceptors (Lipinski definition) is 5. The molecule has 3 aromatic rings. The third-order valence-corrected chi connectivity index (χ3v) is 6.31. The molecular weight excluding hydrogens is 382 g/mol. The van der Waals surface area contributed by atoms with Crippen LogP contribution in [-0.2, 0) is 16.6 Å². The number of sulfonamides is 1. The topological polar surface area (TPSA) is 79.4 Å². The minimum Gasteiger partial charge on any atom is -0.335 e. The Bertz CT molecular complexity index is 1060. The molecule has 1 aromatic heterocycles. The van der Waals surface area contributed by atoms with E-state index in [0.717, 1.165) is 15.2 Å². The lowest BCUT2D eigenvalue weighted by Gasteiger charge is -2.16. The fraction of sp³-hybridized carbons (Fsp3) is 0.158. The summed E-state index contributed by atoms with van der Waals surface area (Å²) in [6.07, 6.45) is 1.46. The van der Waals surface area contributed by atoms with Crippen molar-refractivity contribution < 1.29 is 13.2 Å². The molecule has 0 radical (unpaired) electrons. The van der Waals surface area contributed by atoms with Crippen LogP contribution in [0.2, 0.25) is 0 Å². The molecule has 0 spiro atoms. The molecule has 2 aromatic carbocycles. The van der Waals surface area contributed by atoms with Crippen molar-refractivity contribution in [2.24, 2.45) is 0 Å². The Balaban J connectivity index is 1.78. The molecule has 0 aliphatic rings. The van der Waals surface area contributed by atoms with E-state index in [0.29, 0.717) is 12.1 Å². The minimum atomic E-state index is -3.68. The number of nitrogens with one attached hydrogen (secondary N) is 1. The second-order valence-corrected chi connectivity index (χ2v) is 8.79. The number of carbonyl (C=O) groups excluding carboxylic acids is 1. The van der Waals surface area contributed by atoms with Gasteiger partial charge in [-0.2, -0.15) is 0 Å². The predicted molar refractivity (Wildman–Crippen MR) is 107 cm³/mol. The highest BCUT2D eigenvalue weighted by Gasteiger charge is 2.18. The van der Waals surface area contributed by atoms with Crippen molar-refractivity contribution >= 4 is 37.5 Å². The normalized spacial score (nSPS) is 11.4. The number of benzene rings is 2. The average Bonchev–Trinajstić information content (AvgIpc) is 3.08. The molecule has 0 saturated carbocycles. The Morgan fingerprint density at radius 2 is 2.04 bits per heavy atom. The zero-order chi connectivity index (χ0) is 19.4. The van der Waals surface area contributed by atoms with Crippen molar-refractivity contribution in [3.63, 3.8) is 0 Å². The molecule has 0 aliphatic heterocycles. The Labute approximate surface area is 162 Å². The number of para-hydroxylation sites is 1. The molecule has 0 unspecified atom stereocenters. The average molecular weight is 402 g/mol. The van der Waals surface area contributed by atoms with Gasteiger partial charge in [0.15, 0.2) is 0 Å². The third kappa shape index (κ3) is 4.41. The van der Waals surface area contributed by atoms with Gasteiger partial charge in [0.05, 0.1) is 21.7 Å². The van der Waals surface area contributed by atoms with E-state index >= 15 is 0 Å². The first-order chi connectivity index (χ1) is 12.9. The van der Waals surface area contributed by atoms with Crippen LogP contribution in [0.15, 0.2) is 66.1 Å². The SMILES string of the molecule is C=CCNS(=O)(=O)c1cccc(C(=O)N(C)Cc2nc3ccccc3s2)c1. The molecule has 3 rings (SSSR count). The van der Waals surface area contributed by atoms with Crippen molar-refractivity contribution in [1.82, 2.24) is 14.6 Å². The second kappa shape index (κ2) is 7.99. The van der Waals surface area contributed by atoms with Crippen molar-refractivity contribution in [2.75, 3.05) is 13.6 Å². The third-order valence-electron chi connectivity index (χ3n) is 3.87. The zero-order valence-electron chi connectivity index (χ0n) is 14.8. The van der Waals surface area contributed by atoms with Gasteiger partial charge in [-0.25, -0.2) is 18.1 Å². The van der Waals surface area contributed by atoms with E-state index in [1.165, 1.54) is 34.4 Å². The van der Waals surface area contributed by atoms with Crippen LogP contribution >= 0.6 is 11.3 Å². The van der Waals surface area contributed by atoms with E-state index < -0.39 is 10.0 Å². The molecular formula is C19H19N3O3S2. The Morgan fingerprint density at radius 3 is 2.78 bits per heavy atom. The van der Waals surface area contributed by atoms with E-state index in [4.69, 9.17) is 0 Å². The molecule has 1 N–H and O–H groups in total. The van der Waals surface area contributed by atoms with E-state index in [1.807, 2.05) is 24.3 Å². The van der Waals surface area contributed by atoms with Gasteiger partial charge in [0.25, 0.3) is 5.91 Å². The van der Waals surface area contributed by atoms with Crippen LogP contribution in [-0.4, -0.2) is 37.8 Å². The fourth-order valence-corrected chi connectivity index (χ4v) is 4.60. The highest BCUT2D eigenvalue weighted by atomic mass is 32.2. The summed E-state index contributed by atoms with van der Waals surface area (Å²) in [5.74, 6) is -0.268. The number of thiazole rings is 1. The summed E-state index contributed by atoms with van der Waals surface area (Å²) >= 11 is 1.53. The molecule has 8 heteroatoms. The van der Waals surface area contributed by atoms with Crippen molar-refractivity contribution in [2.45, 2.75) is 11.4 Å².